The summed E-state index contributed by atoms with van der Waals surface area (Å²) in [5.41, 5.74) is 3.28. The van der Waals surface area contributed by atoms with E-state index in [0.29, 0.717) is 30.2 Å². The minimum atomic E-state index is -3.88. The summed E-state index contributed by atoms with van der Waals surface area (Å²) >= 11 is 6.43. The number of hydrogen-bond donors (Lipinski definition) is 1. The van der Waals surface area contributed by atoms with E-state index in [0.717, 1.165) is 30.4 Å². The van der Waals surface area contributed by atoms with E-state index < -0.39 is 15.9 Å². The third kappa shape index (κ3) is 3.76. The standard InChI is InChI=1S/C21H22ClN3O3S/c1-13-7-8-17(14(2)10-13)23-21(26)15-11-19-18(12-16(15)22)25-9-5-3-4-6-20(25)24-29(19,27)28/h7-8,10-12H,3-6,9H2,1-2H3,(H,23,26). The first kappa shape index (κ1) is 19.9. The molecule has 1 amide bonds. The van der Waals surface area contributed by atoms with Gasteiger partial charge in [-0.2, -0.15) is 8.42 Å². The summed E-state index contributed by atoms with van der Waals surface area (Å²) in [4.78, 5) is 14.8. The molecule has 2 aliphatic heterocycles. The predicted octanol–water partition coefficient (Wildman–Crippen LogP) is 4.69. The number of sulfonamides is 1. The second-order valence-electron chi connectivity index (χ2n) is 7.52. The van der Waals surface area contributed by atoms with E-state index in [-0.39, 0.29) is 15.5 Å². The lowest BCUT2D eigenvalue weighted by Crippen LogP contribution is -2.35. The number of amides is 1. The number of halogens is 1. The quantitative estimate of drug-likeness (QED) is 0.748. The van der Waals surface area contributed by atoms with Crippen LogP contribution in [0.5, 0.6) is 0 Å². The topological polar surface area (TPSA) is 78.8 Å². The molecule has 4 rings (SSSR count). The van der Waals surface area contributed by atoms with Crippen molar-refractivity contribution in [2.45, 2.75) is 44.4 Å². The van der Waals surface area contributed by atoms with Gasteiger partial charge in [-0.25, -0.2) is 0 Å². The maximum Gasteiger partial charge on any atom is 0.286 e. The van der Waals surface area contributed by atoms with Crippen LogP contribution >= 0.6 is 11.6 Å². The molecule has 0 aromatic heterocycles. The molecule has 1 N–H and O–H groups in total. The Morgan fingerprint density at radius 1 is 1.14 bits per heavy atom. The summed E-state index contributed by atoms with van der Waals surface area (Å²) in [7, 11) is -3.88. The zero-order chi connectivity index (χ0) is 20.8. The number of anilines is 2. The molecule has 0 bridgehead atoms. The summed E-state index contributed by atoms with van der Waals surface area (Å²) in [6.45, 7) is 4.56. The first-order valence-electron chi connectivity index (χ1n) is 9.60. The van der Waals surface area contributed by atoms with Crippen LogP contribution in [0.15, 0.2) is 39.6 Å². The number of carbonyl (C=O) groups excluding carboxylic acids is 1. The van der Waals surface area contributed by atoms with Crippen LogP contribution in [-0.2, 0) is 10.0 Å². The summed E-state index contributed by atoms with van der Waals surface area (Å²) in [6, 6.07) is 8.60. The lowest BCUT2D eigenvalue weighted by Gasteiger charge is -2.30. The van der Waals surface area contributed by atoms with Gasteiger partial charge in [0.1, 0.15) is 10.7 Å². The SMILES string of the molecule is Cc1ccc(NC(=O)c2cc3c(cc2Cl)N2CCCCCC2=NS3(=O)=O)c(C)c1. The molecule has 0 atom stereocenters. The van der Waals surface area contributed by atoms with Crippen LogP contribution in [0.1, 0.15) is 47.2 Å². The van der Waals surface area contributed by atoms with Crippen LogP contribution in [0.2, 0.25) is 5.02 Å². The molecule has 1 saturated heterocycles. The molecular formula is C21H22ClN3O3S. The fourth-order valence-corrected chi connectivity index (χ4v) is 5.32. The van der Waals surface area contributed by atoms with E-state index in [4.69, 9.17) is 11.6 Å². The smallest absolute Gasteiger partial charge is 0.286 e. The van der Waals surface area contributed by atoms with Gasteiger partial charge in [0.2, 0.25) is 0 Å². The molecule has 0 aliphatic carbocycles. The molecule has 0 saturated carbocycles. The van der Waals surface area contributed by atoms with E-state index >= 15 is 0 Å². The number of aryl methyl sites for hydroxylation is 2. The number of amidine groups is 1. The molecule has 2 aromatic rings. The van der Waals surface area contributed by atoms with Gasteiger partial charge in [0.25, 0.3) is 15.9 Å². The Balaban J connectivity index is 1.74. The Bertz CT molecular complexity index is 1140. The molecule has 0 spiro atoms. The van der Waals surface area contributed by atoms with Crippen LogP contribution < -0.4 is 10.2 Å². The van der Waals surface area contributed by atoms with Gasteiger partial charge >= 0.3 is 0 Å². The fourth-order valence-electron chi connectivity index (χ4n) is 3.81. The summed E-state index contributed by atoms with van der Waals surface area (Å²) in [5.74, 6) is 0.101. The van der Waals surface area contributed by atoms with Crippen molar-refractivity contribution < 1.29 is 13.2 Å². The van der Waals surface area contributed by atoms with Crippen molar-refractivity contribution in [3.63, 3.8) is 0 Å². The zero-order valence-electron chi connectivity index (χ0n) is 16.3. The minimum absolute atomic E-state index is 0.0262. The van der Waals surface area contributed by atoms with Crippen LogP contribution in [0.4, 0.5) is 11.4 Å². The van der Waals surface area contributed by atoms with Gasteiger partial charge in [-0.3, -0.25) is 4.79 Å². The van der Waals surface area contributed by atoms with E-state index in [1.165, 1.54) is 6.07 Å². The van der Waals surface area contributed by atoms with E-state index in [1.807, 2.05) is 36.9 Å². The van der Waals surface area contributed by atoms with E-state index in [1.54, 1.807) is 6.07 Å². The molecule has 2 aliphatic rings. The Hall–Kier alpha value is -2.38. The van der Waals surface area contributed by atoms with Gasteiger partial charge in [-0.05, 0) is 50.5 Å². The van der Waals surface area contributed by atoms with Crippen LogP contribution in [0.25, 0.3) is 0 Å². The van der Waals surface area contributed by atoms with Gasteiger partial charge in [0, 0.05) is 18.7 Å². The monoisotopic (exact) mass is 431 g/mol. The normalized spacial score (nSPS) is 17.6. The fraction of sp³-hybridized carbons (Fsp3) is 0.333. The van der Waals surface area contributed by atoms with Gasteiger partial charge < -0.3 is 10.2 Å². The molecule has 0 unspecified atom stereocenters. The lowest BCUT2D eigenvalue weighted by atomic mass is 10.1. The van der Waals surface area contributed by atoms with E-state index in [2.05, 4.69) is 9.71 Å². The molecule has 2 heterocycles. The number of fused-ring (bicyclic) bond motifs is 3. The molecule has 1 fully saturated rings. The highest BCUT2D eigenvalue weighted by Crippen LogP contribution is 2.38. The first-order chi connectivity index (χ1) is 13.8. The maximum atomic E-state index is 12.9. The highest BCUT2D eigenvalue weighted by Gasteiger charge is 2.33. The Kier molecular flexibility index (Phi) is 5.12. The zero-order valence-corrected chi connectivity index (χ0v) is 17.9. The van der Waals surface area contributed by atoms with Crippen molar-refractivity contribution in [1.82, 2.24) is 0 Å². The van der Waals surface area contributed by atoms with Gasteiger partial charge in [-0.15, -0.1) is 4.40 Å². The average Bonchev–Trinajstić information content (AvgIpc) is 2.88. The lowest BCUT2D eigenvalue weighted by molar-refractivity contribution is 0.102. The Morgan fingerprint density at radius 3 is 2.69 bits per heavy atom. The largest absolute Gasteiger partial charge is 0.328 e. The molecule has 8 heteroatoms. The summed E-state index contributed by atoms with van der Waals surface area (Å²) in [5, 5.41) is 3.04. The number of nitrogens with one attached hydrogen (secondary N) is 1. The van der Waals surface area contributed by atoms with Crippen molar-refractivity contribution in [1.29, 1.82) is 0 Å². The van der Waals surface area contributed by atoms with Gasteiger partial charge in [0.05, 0.1) is 16.3 Å². The number of rotatable bonds is 2. The molecule has 29 heavy (non-hydrogen) atoms. The highest BCUT2D eigenvalue weighted by atomic mass is 35.5. The van der Waals surface area contributed by atoms with Crippen molar-refractivity contribution in [3.05, 3.63) is 52.0 Å². The molecule has 152 valence electrons. The van der Waals surface area contributed by atoms with Crippen molar-refractivity contribution in [3.8, 4) is 0 Å². The molecular weight excluding hydrogens is 410 g/mol. The Labute approximate surface area is 175 Å². The third-order valence-electron chi connectivity index (χ3n) is 5.31. The average molecular weight is 432 g/mol. The minimum Gasteiger partial charge on any atom is -0.328 e. The third-order valence-corrected chi connectivity index (χ3v) is 6.96. The van der Waals surface area contributed by atoms with Crippen LogP contribution in [-0.4, -0.2) is 26.7 Å². The summed E-state index contributed by atoms with van der Waals surface area (Å²) < 4.78 is 29.6. The highest BCUT2D eigenvalue weighted by molar-refractivity contribution is 7.90. The molecule has 2 aromatic carbocycles. The predicted molar refractivity (Wildman–Crippen MR) is 116 cm³/mol. The molecule has 6 nitrogen and oxygen atoms in total. The Morgan fingerprint density at radius 2 is 1.93 bits per heavy atom. The number of benzene rings is 2. The van der Waals surface area contributed by atoms with Crippen molar-refractivity contribution in [2.24, 2.45) is 4.40 Å². The van der Waals surface area contributed by atoms with Gasteiger partial charge in [-0.1, -0.05) is 35.7 Å². The van der Waals surface area contributed by atoms with E-state index in [9.17, 15) is 13.2 Å². The van der Waals surface area contributed by atoms with Crippen LogP contribution in [0.3, 0.4) is 0 Å². The molecule has 0 radical (unpaired) electrons. The second kappa shape index (κ2) is 7.46. The van der Waals surface area contributed by atoms with Gasteiger partial charge in [0.15, 0.2) is 0 Å². The first-order valence-corrected chi connectivity index (χ1v) is 11.4. The van der Waals surface area contributed by atoms with Crippen LogP contribution in [0, 0.1) is 13.8 Å². The number of carbonyl (C=O) groups is 1. The maximum absolute atomic E-state index is 12.9. The van der Waals surface area contributed by atoms with Crippen molar-refractivity contribution >= 4 is 44.7 Å². The second-order valence-corrected chi connectivity index (χ2v) is 9.50. The summed E-state index contributed by atoms with van der Waals surface area (Å²) in [6.07, 6.45) is 3.50. The van der Waals surface area contributed by atoms with Crippen molar-refractivity contribution in [2.75, 3.05) is 16.8 Å². The number of hydrogen-bond acceptors (Lipinski definition) is 4. The number of nitrogens with zero attached hydrogens (tertiary/aromatic N) is 2.